The van der Waals surface area contributed by atoms with E-state index in [0.717, 1.165) is 66.5 Å². The number of para-hydroxylation sites is 1. The average molecular weight is 767 g/mol. The van der Waals surface area contributed by atoms with Crippen LogP contribution >= 0.6 is 0 Å². The topological polar surface area (TPSA) is 56.7 Å². The van der Waals surface area contributed by atoms with Gasteiger partial charge in [-0.1, -0.05) is 152 Å². The Labute approximate surface area is 345 Å². The molecule has 60 heavy (non-hydrogen) atoms. The molecule has 0 saturated heterocycles. The predicted molar refractivity (Wildman–Crippen MR) is 246 cm³/mol. The Bertz CT molecular complexity index is 3530. The average Bonchev–Trinajstić information content (AvgIpc) is 3.86. The monoisotopic (exact) mass is 766 g/mol. The Hall–Kier alpha value is -8.15. The maximum Gasteiger partial charge on any atom is 0.164 e. The standard InChI is InChI=1S/C55H34N4O/c1-4-15-35(16-5-1)42-24-14-25-48-52(42)46-31-38-21-10-11-22-39(38)33-49(46)59(48)47-30-28-41(32-45(47)40-27-29-44-43-23-12-13-26-50(43)60-51(44)34-40)55-57-53(36-17-6-2-7-18-36)56-54(58-55)37-19-8-3-9-20-37/h1-34H. The van der Waals surface area contributed by atoms with Gasteiger partial charge in [0, 0.05) is 43.8 Å². The highest BCUT2D eigenvalue weighted by atomic mass is 16.3. The third-order valence-corrected chi connectivity index (χ3v) is 11.6. The zero-order chi connectivity index (χ0) is 39.6. The van der Waals surface area contributed by atoms with Gasteiger partial charge in [-0.15, -0.1) is 0 Å². The van der Waals surface area contributed by atoms with Crippen LogP contribution in [0, 0.1) is 0 Å². The van der Waals surface area contributed by atoms with Gasteiger partial charge >= 0.3 is 0 Å². The second kappa shape index (κ2) is 13.8. The summed E-state index contributed by atoms with van der Waals surface area (Å²) in [5.74, 6) is 1.84. The molecule has 0 radical (unpaired) electrons. The smallest absolute Gasteiger partial charge is 0.164 e. The van der Waals surface area contributed by atoms with Crippen LogP contribution in [0.25, 0.3) is 117 Å². The molecule has 0 fully saturated rings. The molecule has 280 valence electrons. The van der Waals surface area contributed by atoms with Crippen LogP contribution in [0.2, 0.25) is 0 Å². The van der Waals surface area contributed by atoms with Gasteiger partial charge in [-0.25, -0.2) is 15.0 Å². The number of aromatic nitrogens is 4. The van der Waals surface area contributed by atoms with Crippen molar-refractivity contribution in [2.45, 2.75) is 0 Å². The van der Waals surface area contributed by atoms with Crippen LogP contribution in [-0.4, -0.2) is 19.5 Å². The lowest BCUT2D eigenvalue weighted by molar-refractivity contribution is 0.669. The van der Waals surface area contributed by atoms with Crippen LogP contribution in [0.15, 0.2) is 211 Å². The molecule has 0 N–H and O–H groups in total. The van der Waals surface area contributed by atoms with Gasteiger partial charge < -0.3 is 8.98 Å². The number of fused-ring (bicyclic) bond motifs is 7. The number of hydrogen-bond acceptors (Lipinski definition) is 4. The van der Waals surface area contributed by atoms with Crippen molar-refractivity contribution in [2.75, 3.05) is 0 Å². The van der Waals surface area contributed by atoms with E-state index in [2.05, 4.69) is 138 Å². The molecule has 9 aromatic carbocycles. The van der Waals surface area contributed by atoms with E-state index < -0.39 is 0 Å². The van der Waals surface area contributed by atoms with Crippen molar-refractivity contribution in [3.8, 4) is 62.1 Å². The van der Waals surface area contributed by atoms with Crippen LogP contribution < -0.4 is 0 Å². The van der Waals surface area contributed by atoms with E-state index in [0.29, 0.717) is 17.5 Å². The molecule has 0 unspecified atom stereocenters. The van der Waals surface area contributed by atoms with E-state index in [-0.39, 0.29) is 0 Å². The molecule has 0 spiro atoms. The third kappa shape index (κ3) is 5.59. The van der Waals surface area contributed by atoms with Crippen LogP contribution in [0.3, 0.4) is 0 Å². The van der Waals surface area contributed by atoms with Gasteiger partial charge in [0.05, 0.1) is 16.7 Å². The fourth-order valence-electron chi connectivity index (χ4n) is 8.80. The first-order valence-corrected chi connectivity index (χ1v) is 20.2. The van der Waals surface area contributed by atoms with Crippen molar-refractivity contribution >= 4 is 54.5 Å². The summed E-state index contributed by atoms with van der Waals surface area (Å²) in [6, 6.07) is 72.3. The van der Waals surface area contributed by atoms with Gasteiger partial charge in [0.2, 0.25) is 0 Å². The van der Waals surface area contributed by atoms with Crippen LogP contribution in [0.4, 0.5) is 0 Å². The summed E-state index contributed by atoms with van der Waals surface area (Å²) >= 11 is 0. The fourth-order valence-corrected chi connectivity index (χ4v) is 8.80. The van der Waals surface area contributed by atoms with Crippen molar-refractivity contribution in [1.29, 1.82) is 0 Å². The highest BCUT2D eigenvalue weighted by Gasteiger charge is 2.22. The Morgan fingerprint density at radius 2 is 0.917 bits per heavy atom. The molecule has 0 atom stereocenters. The molecule has 0 bridgehead atoms. The molecule has 0 aliphatic rings. The molecule has 3 heterocycles. The van der Waals surface area contributed by atoms with E-state index in [1.54, 1.807) is 0 Å². The van der Waals surface area contributed by atoms with E-state index >= 15 is 0 Å². The highest BCUT2D eigenvalue weighted by Crippen LogP contribution is 2.43. The molecule has 0 saturated carbocycles. The molecule has 0 amide bonds. The molecular formula is C55H34N4O. The lowest BCUT2D eigenvalue weighted by Crippen LogP contribution is -2.02. The lowest BCUT2D eigenvalue weighted by Gasteiger charge is -2.17. The Balaban J connectivity index is 1.16. The van der Waals surface area contributed by atoms with E-state index in [9.17, 15) is 0 Å². The fraction of sp³-hybridized carbons (Fsp3) is 0. The maximum atomic E-state index is 6.50. The van der Waals surface area contributed by atoms with Crippen molar-refractivity contribution in [2.24, 2.45) is 0 Å². The Kier molecular flexibility index (Phi) is 7.78. The number of furan rings is 1. The summed E-state index contributed by atoms with van der Waals surface area (Å²) in [7, 11) is 0. The minimum atomic E-state index is 0.597. The van der Waals surface area contributed by atoms with Gasteiger partial charge in [-0.3, -0.25) is 0 Å². The first-order chi connectivity index (χ1) is 29.7. The second-order valence-electron chi connectivity index (χ2n) is 15.2. The van der Waals surface area contributed by atoms with Crippen molar-refractivity contribution in [3.05, 3.63) is 206 Å². The minimum absolute atomic E-state index is 0.597. The number of nitrogens with zero attached hydrogens (tertiary/aromatic N) is 4. The van der Waals surface area contributed by atoms with Crippen molar-refractivity contribution in [3.63, 3.8) is 0 Å². The number of hydrogen-bond donors (Lipinski definition) is 0. The van der Waals surface area contributed by atoms with Gasteiger partial charge in [0.15, 0.2) is 17.5 Å². The van der Waals surface area contributed by atoms with E-state index in [4.69, 9.17) is 19.4 Å². The molecular weight excluding hydrogens is 733 g/mol. The normalized spacial score (nSPS) is 11.7. The van der Waals surface area contributed by atoms with Gasteiger partial charge in [-0.2, -0.15) is 0 Å². The summed E-state index contributed by atoms with van der Waals surface area (Å²) in [5.41, 5.74) is 12.2. The van der Waals surface area contributed by atoms with E-state index in [1.165, 1.54) is 32.7 Å². The quantitative estimate of drug-likeness (QED) is 0.169. The summed E-state index contributed by atoms with van der Waals surface area (Å²) in [4.78, 5) is 15.3. The summed E-state index contributed by atoms with van der Waals surface area (Å²) in [6.45, 7) is 0. The Morgan fingerprint density at radius 3 is 1.63 bits per heavy atom. The van der Waals surface area contributed by atoms with Gasteiger partial charge in [0.1, 0.15) is 11.2 Å². The summed E-state index contributed by atoms with van der Waals surface area (Å²) in [5, 5.41) is 6.98. The first kappa shape index (κ1) is 33.9. The molecule has 0 aliphatic heterocycles. The molecule has 12 aromatic rings. The zero-order valence-corrected chi connectivity index (χ0v) is 32.3. The zero-order valence-electron chi connectivity index (χ0n) is 32.3. The number of rotatable bonds is 6. The van der Waals surface area contributed by atoms with Crippen LogP contribution in [-0.2, 0) is 0 Å². The molecule has 5 heteroatoms. The predicted octanol–water partition coefficient (Wildman–Crippen LogP) is 14.4. The minimum Gasteiger partial charge on any atom is -0.456 e. The highest BCUT2D eigenvalue weighted by molar-refractivity contribution is 6.19. The largest absolute Gasteiger partial charge is 0.456 e. The summed E-state index contributed by atoms with van der Waals surface area (Å²) in [6.07, 6.45) is 0. The summed E-state index contributed by atoms with van der Waals surface area (Å²) < 4.78 is 8.94. The molecule has 0 aliphatic carbocycles. The number of benzene rings is 9. The van der Waals surface area contributed by atoms with Crippen LogP contribution in [0.5, 0.6) is 0 Å². The Morgan fingerprint density at radius 1 is 0.333 bits per heavy atom. The molecule has 3 aromatic heterocycles. The van der Waals surface area contributed by atoms with Gasteiger partial charge in [0.25, 0.3) is 0 Å². The van der Waals surface area contributed by atoms with Crippen molar-refractivity contribution in [1.82, 2.24) is 19.5 Å². The lowest BCUT2D eigenvalue weighted by atomic mass is 9.98. The second-order valence-corrected chi connectivity index (χ2v) is 15.2. The maximum absolute atomic E-state index is 6.50. The SMILES string of the molecule is c1ccc(-c2nc(-c3ccccc3)nc(-c3ccc(-n4c5cc6ccccc6cc5c5c(-c6ccccc6)cccc54)c(-c4ccc5c(c4)oc4ccccc45)c3)n2)cc1. The first-order valence-electron chi connectivity index (χ1n) is 20.2. The third-order valence-electron chi connectivity index (χ3n) is 11.6. The molecule has 12 rings (SSSR count). The van der Waals surface area contributed by atoms with Gasteiger partial charge in [-0.05, 0) is 82.1 Å². The van der Waals surface area contributed by atoms with Crippen molar-refractivity contribution < 1.29 is 4.42 Å². The van der Waals surface area contributed by atoms with E-state index in [1.807, 2.05) is 72.8 Å². The van der Waals surface area contributed by atoms with Crippen LogP contribution in [0.1, 0.15) is 0 Å². The molecule has 5 nitrogen and oxygen atoms in total.